The molecular weight excluding hydrogens is 249 g/mol. The summed E-state index contributed by atoms with van der Waals surface area (Å²) in [6.45, 7) is 5.70. The van der Waals surface area contributed by atoms with Gasteiger partial charge in [0.25, 0.3) is 0 Å². The number of carbonyl (C=O) groups is 1. The van der Waals surface area contributed by atoms with E-state index in [1.54, 1.807) is 20.8 Å². The fraction of sp³-hybridized carbons (Fsp3) is 0.909. The van der Waals surface area contributed by atoms with E-state index >= 15 is 0 Å². The van der Waals surface area contributed by atoms with Crippen LogP contribution in [0, 0.1) is 5.92 Å². The summed E-state index contributed by atoms with van der Waals surface area (Å²) in [5, 5.41) is 2.79. The van der Waals surface area contributed by atoms with E-state index in [4.69, 9.17) is 4.74 Å². The second-order valence-electron chi connectivity index (χ2n) is 5.71. The zero-order valence-corrected chi connectivity index (χ0v) is 10.5. The number of amides is 1. The van der Waals surface area contributed by atoms with Gasteiger partial charge in [0.05, 0.1) is 12.0 Å². The zero-order valence-electron chi connectivity index (χ0n) is 10.5. The van der Waals surface area contributed by atoms with E-state index in [1.807, 2.05) is 0 Å². The Balaban J connectivity index is 2.04. The number of carbonyl (C=O) groups excluding carboxylic acids is 1. The molecule has 2 aliphatic rings. The van der Waals surface area contributed by atoms with E-state index in [-0.39, 0.29) is 6.54 Å². The number of nitrogens with one attached hydrogen (secondary N) is 1. The maximum Gasteiger partial charge on any atom is 0.410 e. The molecule has 1 aliphatic carbocycles. The highest BCUT2D eigenvalue weighted by atomic mass is 19.4. The number of fused-ring (bicyclic) bond motifs is 1. The van der Waals surface area contributed by atoms with Gasteiger partial charge in [-0.25, -0.2) is 4.79 Å². The summed E-state index contributed by atoms with van der Waals surface area (Å²) in [6, 6.07) is -1.49. The minimum absolute atomic E-state index is 0.253. The summed E-state index contributed by atoms with van der Waals surface area (Å²) in [6.07, 6.45) is -4.93. The van der Waals surface area contributed by atoms with Crippen molar-refractivity contribution in [2.75, 3.05) is 13.1 Å². The van der Waals surface area contributed by atoms with Gasteiger partial charge in [-0.3, -0.25) is 0 Å². The topological polar surface area (TPSA) is 41.6 Å². The fourth-order valence-electron chi connectivity index (χ4n) is 2.36. The summed E-state index contributed by atoms with van der Waals surface area (Å²) >= 11 is 0. The van der Waals surface area contributed by atoms with Crippen molar-refractivity contribution in [2.24, 2.45) is 5.92 Å². The average molecular weight is 266 g/mol. The van der Waals surface area contributed by atoms with E-state index in [0.29, 0.717) is 6.54 Å². The van der Waals surface area contributed by atoms with Gasteiger partial charge in [0, 0.05) is 19.1 Å². The summed E-state index contributed by atoms with van der Waals surface area (Å²) < 4.78 is 43.2. The van der Waals surface area contributed by atoms with E-state index < -0.39 is 35.9 Å². The maximum atomic E-state index is 12.7. The molecule has 0 bridgehead atoms. The summed E-state index contributed by atoms with van der Waals surface area (Å²) in [7, 11) is 0. The molecule has 1 aliphatic heterocycles. The van der Waals surface area contributed by atoms with Crippen LogP contribution in [-0.4, -0.2) is 47.9 Å². The average Bonchev–Trinajstić information content (AvgIpc) is 2.86. The van der Waals surface area contributed by atoms with Crippen molar-refractivity contribution >= 4 is 6.09 Å². The number of alkyl halides is 3. The molecule has 0 radical (unpaired) electrons. The summed E-state index contributed by atoms with van der Waals surface area (Å²) in [4.78, 5) is 13.0. The minimum atomic E-state index is -4.27. The van der Waals surface area contributed by atoms with Crippen LogP contribution in [0.25, 0.3) is 0 Å². The van der Waals surface area contributed by atoms with Crippen molar-refractivity contribution < 1.29 is 22.7 Å². The van der Waals surface area contributed by atoms with Gasteiger partial charge in [-0.05, 0) is 20.8 Å². The Morgan fingerprint density at radius 1 is 1.33 bits per heavy atom. The molecule has 2 rings (SSSR count). The molecule has 18 heavy (non-hydrogen) atoms. The lowest BCUT2D eigenvalue weighted by Gasteiger charge is -2.30. The van der Waals surface area contributed by atoms with Crippen LogP contribution in [0.5, 0.6) is 0 Å². The van der Waals surface area contributed by atoms with Crippen LogP contribution < -0.4 is 5.32 Å². The Kier molecular flexibility index (Phi) is 3.00. The van der Waals surface area contributed by atoms with Gasteiger partial charge in [-0.1, -0.05) is 0 Å². The first-order valence-electron chi connectivity index (χ1n) is 5.91. The fourth-order valence-corrected chi connectivity index (χ4v) is 2.36. The normalized spacial score (nSPS) is 31.9. The third-order valence-corrected chi connectivity index (χ3v) is 3.08. The van der Waals surface area contributed by atoms with Crippen molar-refractivity contribution in [3.63, 3.8) is 0 Å². The minimum Gasteiger partial charge on any atom is -0.444 e. The molecule has 7 heteroatoms. The Hall–Kier alpha value is -0.980. The predicted molar refractivity (Wildman–Crippen MR) is 58.1 cm³/mol. The van der Waals surface area contributed by atoms with Crippen molar-refractivity contribution in [3.05, 3.63) is 0 Å². The molecule has 1 amide bonds. The van der Waals surface area contributed by atoms with Gasteiger partial charge in [-0.15, -0.1) is 0 Å². The molecule has 1 saturated heterocycles. The van der Waals surface area contributed by atoms with E-state index in [2.05, 4.69) is 5.32 Å². The van der Waals surface area contributed by atoms with Crippen molar-refractivity contribution in [3.8, 4) is 0 Å². The van der Waals surface area contributed by atoms with Crippen LogP contribution in [0.2, 0.25) is 0 Å². The number of rotatable bonds is 0. The highest BCUT2D eigenvalue weighted by Crippen LogP contribution is 2.49. The number of hydrogen-bond acceptors (Lipinski definition) is 3. The maximum absolute atomic E-state index is 12.7. The molecule has 1 saturated carbocycles. The third-order valence-electron chi connectivity index (χ3n) is 3.08. The largest absolute Gasteiger partial charge is 0.444 e. The Labute approximate surface area is 103 Å². The quantitative estimate of drug-likeness (QED) is 0.726. The van der Waals surface area contributed by atoms with Gasteiger partial charge in [0.2, 0.25) is 0 Å². The first-order chi connectivity index (χ1) is 8.11. The molecule has 0 aromatic carbocycles. The lowest BCUT2D eigenvalue weighted by molar-refractivity contribution is -0.152. The lowest BCUT2D eigenvalue weighted by atomic mass is 10.2. The van der Waals surface area contributed by atoms with E-state index in [0.717, 1.165) is 0 Å². The molecule has 104 valence electrons. The Morgan fingerprint density at radius 2 is 1.94 bits per heavy atom. The molecule has 3 atom stereocenters. The lowest BCUT2D eigenvalue weighted by Crippen LogP contribution is -2.48. The smallest absolute Gasteiger partial charge is 0.410 e. The summed E-state index contributed by atoms with van der Waals surface area (Å²) in [5.41, 5.74) is -0.694. The second kappa shape index (κ2) is 4.01. The number of hydrogen-bond donors (Lipinski definition) is 1. The molecular formula is C11H17F3N2O2. The Morgan fingerprint density at radius 3 is 2.44 bits per heavy atom. The van der Waals surface area contributed by atoms with E-state index in [1.165, 1.54) is 4.90 Å². The van der Waals surface area contributed by atoms with Gasteiger partial charge in [-0.2, -0.15) is 13.2 Å². The van der Waals surface area contributed by atoms with Crippen LogP contribution in [0.3, 0.4) is 0 Å². The molecule has 1 N–H and O–H groups in total. The molecule has 0 aromatic rings. The Bertz CT molecular complexity index is 351. The zero-order chi connectivity index (χ0) is 13.7. The van der Waals surface area contributed by atoms with Crippen LogP contribution in [-0.2, 0) is 4.74 Å². The molecule has 1 heterocycles. The molecule has 4 nitrogen and oxygen atoms in total. The molecule has 3 unspecified atom stereocenters. The molecule has 0 spiro atoms. The first-order valence-corrected chi connectivity index (χ1v) is 5.91. The monoisotopic (exact) mass is 266 g/mol. The molecule has 0 aromatic heterocycles. The van der Waals surface area contributed by atoms with Gasteiger partial charge in [0.1, 0.15) is 5.60 Å². The highest BCUT2D eigenvalue weighted by Gasteiger charge is 2.68. The van der Waals surface area contributed by atoms with Gasteiger partial charge < -0.3 is 15.0 Å². The first kappa shape index (κ1) is 13.5. The SMILES string of the molecule is CC(C)(C)OC(=O)N1CCNC2C1C2C(F)(F)F. The molecule has 2 fully saturated rings. The van der Waals surface area contributed by atoms with Crippen molar-refractivity contribution in [2.45, 2.75) is 44.6 Å². The van der Waals surface area contributed by atoms with Gasteiger partial charge in [0.15, 0.2) is 0 Å². The van der Waals surface area contributed by atoms with Crippen molar-refractivity contribution in [1.82, 2.24) is 10.2 Å². The van der Waals surface area contributed by atoms with Crippen molar-refractivity contribution in [1.29, 1.82) is 0 Å². The number of ether oxygens (including phenoxy) is 1. The van der Waals surface area contributed by atoms with Crippen LogP contribution >= 0.6 is 0 Å². The second-order valence-corrected chi connectivity index (χ2v) is 5.71. The third kappa shape index (κ3) is 2.55. The van der Waals surface area contributed by atoms with Crippen LogP contribution in [0.4, 0.5) is 18.0 Å². The number of halogens is 3. The standard InChI is InChI=1S/C11H17F3N2O2/c1-10(2,3)18-9(17)16-5-4-15-7-6(8(7)16)11(12,13)14/h6-8,15H,4-5H2,1-3H3. The summed E-state index contributed by atoms with van der Waals surface area (Å²) in [5.74, 6) is -1.47. The number of piperazine rings is 1. The predicted octanol–water partition coefficient (Wildman–Crippen LogP) is 1.76. The van der Waals surface area contributed by atoms with E-state index in [9.17, 15) is 18.0 Å². The van der Waals surface area contributed by atoms with Crippen LogP contribution in [0.1, 0.15) is 20.8 Å². The van der Waals surface area contributed by atoms with Crippen LogP contribution in [0.15, 0.2) is 0 Å². The van der Waals surface area contributed by atoms with Gasteiger partial charge >= 0.3 is 12.3 Å². The highest BCUT2D eigenvalue weighted by molar-refractivity contribution is 5.69. The number of nitrogens with zero attached hydrogens (tertiary/aromatic N) is 1.